The first-order valence-electron chi connectivity index (χ1n) is 7.36. The first kappa shape index (κ1) is 17.9. The summed E-state index contributed by atoms with van der Waals surface area (Å²) in [6.07, 6.45) is 0.610. The third kappa shape index (κ3) is 4.11. The van der Waals surface area contributed by atoms with E-state index in [-0.39, 0.29) is 23.1 Å². The minimum Gasteiger partial charge on any atom is -0.469 e. The molecule has 24 heavy (non-hydrogen) atoms. The lowest BCUT2D eigenvalue weighted by Crippen LogP contribution is -2.24. The number of hydrogen-bond donors (Lipinski definition) is 2. The number of nitrogens with one attached hydrogen (secondary N) is 1. The molecule has 8 heteroatoms. The third-order valence-corrected chi connectivity index (χ3v) is 3.81. The van der Waals surface area contributed by atoms with Crippen molar-refractivity contribution >= 4 is 29.1 Å². The van der Waals surface area contributed by atoms with Crippen molar-refractivity contribution in [3.05, 3.63) is 35.1 Å². The van der Waals surface area contributed by atoms with E-state index < -0.39 is 5.82 Å². The highest BCUT2D eigenvalue weighted by molar-refractivity contribution is 6.30. The fourth-order valence-electron chi connectivity index (χ4n) is 2.15. The predicted octanol–water partition coefficient (Wildman–Crippen LogP) is 3.13. The summed E-state index contributed by atoms with van der Waals surface area (Å²) in [6.45, 7) is 2.19. The predicted molar refractivity (Wildman–Crippen MR) is 91.1 cm³/mol. The number of rotatable bonds is 6. The second kappa shape index (κ2) is 7.92. The van der Waals surface area contributed by atoms with Crippen LogP contribution in [0.15, 0.2) is 24.3 Å². The van der Waals surface area contributed by atoms with E-state index in [0.29, 0.717) is 29.5 Å². The lowest BCUT2D eigenvalue weighted by atomic mass is 10.1. The van der Waals surface area contributed by atoms with E-state index in [1.54, 1.807) is 0 Å². The first-order valence-corrected chi connectivity index (χ1v) is 7.74. The summed E-state index contributed by atoms with van der Waals surface area (Å²) in [4.78, 5) is 11.6. The van der Waals surface area contributed by atoms with Crippen LogP contribution in [0.2, 0.25) is 5.02 Å². The molecule has 0 aliphatic heterocycles. The van der Waals surface area contributed by atoms with E-state index in [2.05, 4.69) is 15.5 Å². The molecule has 0 amide bonds. The molecule has 128 valence electrons. The molecule has 1 aromatic heterocycles. The van der Waals surface area contributed by atoms with Crippen molar-refractivity contribution in [3.63, 3.8) is 0 Å². The topological polar surface area (TPSA) is 90.1 Å². The van der Waals surface area contributed by atoms with Crippen LogP contribution >= 0.6 is 11.6 Å². The lowest BCUT2D eigenvalue weighted by Gasteiger charge is -2.14. The van der Waals surface area contributed by atoms with Crippen molar-refractivity contribution in [2.45, 2.75) is 13.3 Å². The van der Waals surface area contributed by atoms with Crippen LogP contribution < -0.4 is 11.1 Å². The molecule has 0 fully saturated rings. The van der Waals surface area contributed by atoms with Crippen molar-refractivity contribution in [1.82, 2.24) is 10.2 Å². The minimum atomic E-state index is -0.467. The molecule has 1 aromatic carbocycles. The number of nitrogens with two attached hydrogens (primary N) is 1. The maximum atomic E-state index is 13.9. The summed E-state index contributed by atoms with van der Waals surface area (Å²) >= 11 is 5.88. The number of methoxy groups -OCH3 is 1. The van der Waals surface area contributed by atoms with Crippen LogP contribution in [-0.4, -0.2) is 29.8 Å². The van der Waals surface area contributed by atoms with Gasteiger partial charge >= 0.3 is 5.97 Å². The summed E-state index contributed by atoms with van der Waals surface area (Å²) in [5.41, 5.74) is 6.73. The van der Waals surface area contributed by atoms with Gasteiger partial charge in [0.2, 0.25) is 0 Å². The Morgan fingerprint density at radius 1 is 1.42 bits per heavy atom. The number of carbonyl (C=O) groups is 1. The van der Waals surface area contributed by atoms with E-state index in [9.17, 15) is 9.18 Å². The molecule has 1 heterocycles. The van der Waals surface area contributed by atoms with Crippen LogP contribution in [0, 0.1) is 11.7 Å². The molecule has 1 unspecified atom stereocenters. The molecule has 0 spiro atoms. The second-order valence-electron chi connectivity index (χ2n) is 5.17. The van der Waals surface area contributed by atoms with Gasteiger partial charge < -0.3 is 15.8 Å². The number of nitrogen functional groups attached to an aromatic ring is 1. The van der Waals surface area contributed by atoms with Crippen molar-refractivity contribution < 1.29 is 13.9 Å². The summed E-state index contributed by atoms with van der Waals surface area (Å²) in [7, 11) is 1.34. The standard InChI is InChI=1S/C16H18ClFN4O2/c1-3-9(16(23)24-2)8-20-15-13(19)7-14(21-22-15)11-6-10(17)4-5-12(11)18/h4-7,9H,3,8H2,1-2H3,(H2,19,21)(H,20,22). The smallest absolute Gasteiger partial charge is 0.310 e. The van der Waals surface area contributed by atoms with E-state index >= 15 is 0 Å². The number of aromatic nitrogens is 2. The van der Waals surface area contributed by atoms with Gasteiger partial charge in [-0.1, -0.05) is 18.5 Å². The molecule has 0 saturated carbocycles. The molecule has 1 atom stereocenters. The Bertz CT molecular complexity index is 742. The number of anilines is 2. The molecule has 0 aliphatic carbocycles. The van der Waals surface area contributed by atoms with Crippen LogP contribution in [0.25, 0.3) is 11.3 Å². The van der Waals surface area contributed by atoms with Gasteiger partial charge in [0.25, 0.3) is 0 Å². The van der Waals surface area contributed by atoms with Gasteiger partial charge in [0.05, 0.1) is 24.4 Å². The highest BCUT2D eigenvalue weighted by Crippen LogP contribution is 2.27. The number of halogens is 2. The van der Waals surface area contributed by atoms with Gasteiger partial charge in [0.1, 0.15) is 5.82 Å². The molecule has 2 rings (SSSR count). The first-order chi connectivity index (χ1) is 11.5. The van der Waals surface area contributed by atoms with Gasteiger partial charge in [0, 0.05) is 17.1 Å². The van der Waals surface area contributed by atoms with Gasteiger partial charge in [-0.2, -0.15) is 0 Å². The van der Waals surface area contributed by atoms with Gasteiger partial charge in [-0.05, 0) is 30.7 Å². The molecule has 0 bridgehead atoms. The maximum absolute atomic E-state index is 13.9. The molecule has 0 radical (unpaired) electrons. The number of hydrogen-bond acceptors (Lipinski definition) is 6. The Hall–Kier alpha value is -2.41. The van der Waals surface area contributed by atoms with Crippen molar-refractivity contribution in [2.75, 3.05) is 24.7 Å². The Kier molecular flexibility index (Phi) is 5.92. The van der Waals surface area contributed by atoms with Gasteiger partial charge in [-0.3, -0.25) is 4.79 Å². The second-order valence-corrected chi connectivity index (χ2v) is 5.60. The van der Waals surface area contributed by atoms with E-state index in [4.69, 9.17) is 22.1 Å². The summed E-state index contributed by atoms with van der Waals surface area (Å²) in [6, 6.07) is 5.66. The number of carbonyl (C=O) groups excluding carboxylic acids is 1. The van der Waals surface area contributed by atoms with E-state index in [0.717, 1.165) is 0 Å². The minimum absolute atomic E-state index is 0.217. The molecule has 3 N–H and O–H groups in total. The van der Waals surface area contributed by atoms with Crippen LogP contribution in [0.1, 0.15) is 13.3 Å². The van der Waals surface area contributed by atoms with Crippen LogP contribution in [0.5, 0.6) is 0 Å². The van der Waals surface area contributed by atoms with Crippen LogP contribution in [-0.2, 0) is 9.53 Å². The van der Waals surface area contributed by atoms with E-state index in [1.807, 2.05) is 6.92 Å². The average Bonchev–Trinajstić information content (AvgIpc) is 2.58. The lowest BCUT2D eigenvalue weighted by molar-refractivity contribution is -0.145. The zero-order valence-corrected chi connectivity index (χ0v) is 14.1. The third-order valence-electron chi connectivity index (χ3n) is 3.57. The number of ether oxygens (including phenoxy) is 1. The zero-order chi connectivity index (χ0) is 17.7. The highest BCUT2D eigenvalue weighted by Gasteiger charge is 2.18. The van der Waals surface area contributed by atoms with Crippen LogP contribution in [0.4, 0.5) is 15.9 Å². The van der Waals surface area contributed by atoms with Crippen molar-refractivity contribution in [3.8, 4) is 11.3 Å². The van der Waals surface area contributed by atoms with E-state index in [1.165, 1.54) is 31.4 Å². The SMILES string of the molecule is CCC(CNc1nnc(-c2cc(Cl)ccc2F)cc1N)C(=O)OC. The van der Waals surface area contributed by atoms with Crippen LogP contribution in [0.3, 0.4) is 0 Å². The Morgan fingerprint density at radius 2 is 2.17 bits per heavy atom. The monoisotopic (exact) mass is 352 g/mol. The average molecular weight is 353 g/mol. The Morgan fingerprint density at radius 3 is 2.79 bits per heavy atom. The van der Waals surface area contributed by atoms with Gasteiger partial charge in [0.15, 0.2) is 5.82 Å². The normalized spacial score (nSPS) is 11.8. The molecular formula is C16H18ClFN4O2. The fraction of sp³-hybridized carbons (Fsp3) is 0.312. The Balaban J connectivity index is 2.18. The molecule has 2 aromatic rings. The Labute approximate surface area is 144 Å². The van der Waals surface area contributed by atoms with Crippen molar-refractivity contribution in [2.24, 2.45) is 5.92 Å². The quantitative estimate of drug-likeness (QED) is 0.776. The number of esters is 1. The molecule has 0 aliphatic rings. The van der Waals surface area contributed by atoms with Crippen molar-refractivity contribution in [1.29, 1.82) is 0 Å². The molecule has 0 saturated heterocycles. The highest BCUT2D eigenvalue weighted by atomic mass is 35.5. The summed E-state index contributed by atoms with van der Waals surface area (Å²) in [5, 5.41) is 11.3. The fourth-order valence-corrected chi connectivity index (χ4v) is 2.32. The summed E-state index contributed by atoms with van der Waals surface area (Å²) in [5.74, 6) is -0.774. The molecule has 6 nitrogen and oxygen atoms in total. The maximum Gasteiger partial charge on any atom is 0.310 e. The zero-order valence-electron chi connectivity index (χ0n) is 13.3. The summed E-state index contributed by atoms with van der Waals surface area (Å²) < 4.78 is 18.6. The molecular weight excluding hydrogens is 335 g/mol. The number of nitrogens with zero attached hydrogens (tertiary/aromatic N) is 2. The van der Waals surface area contributed by atoms with Gasteiger partial charge in [-0.15, -0.1) is 10.2 Å². The van der Waals surface area contributed by atoms with Gasteiger partial charge in [-0.25, -0.2) is 4.39 Å². The largest absolute Gasteiger partial charge is 0.469 e. The number of benzene rings is 1.